The number of pyridine rings is 1. The predicted molar refractivity (Wildman–Crippen MR) is 86.2 cm³/mol. The van der Waals surface area contributed by atoms with Gasteiger partial charge in [-0.3, -0.25) is 19.5 Å². The molecule has 1 aromatic rings. The minimum Gasteiger partial charge on any atom is -0.382 e. The number of hydrogen-bond acceptors (Lipinski definition) is 6. The van der Waals surface area contributed by atoms with E-state index in [4.69, 9.17) is 16.3 Å². The number of hydrogen-bond donors (Lipinski definition) is 1. The smallest absolute Gasteiger partial charge is 0.247 e. The molecule has 1 aliphatic carbocycles. The highest BCUT2D eigenvalue weighted by Gasteiger charge is 2.32. The molecule has 0 radical (unpaired) electrons. The molecule has 0 atom stereocenters. The van der Waals surface area contributed by atoms with Crippen molar-refractivity contribution in [1.82, 2.24) is 15.2 Å². The van der Waals surface area contributed by atoms with Crippen LogP contribution in [0.4, 0.5) is 0 Å². The fourth-order valence-electron chi connectivity index (χ4n) is 2.73. The molecule has 1 aromatic heterocycles. The van der Waals surface area contributed by atoms with Gasteiger partial charge in [-0.05, 0) is 25.1 Å². The van der Waals surface area contributed by atoms with E-state index in [0.717, 1.165) is 39.3 Å². The first-order valence-corrected chi connectivity index (χ1v) is 8.04. The van der Waals surface area contributed by atoms with E-state index in [1.54, 1.807) is 18.3 Å². The minimum absolute atomic E-state index is 0.0763. The Kier molecular flexibility index (Phi) is 5.05. The summed E-state index contributed by atoms with van der Waals surface area (Å²) in [5.74, 6) is -1.28. The molecule has 0 spiro atoms. The van der Waals surface area contributed by atoms with Crippen LogP contribution in [-0.4, -0.2) is 60.8 Å². The second kappa shape index (κ2) is 7.21. The molecule has 0 bridgehead atoms. The lowest BCUT2D eigenvalue weighted by atomic mass is 9.97. The highest BCUT2D eigenvalue weighted by Crippen LogP contribution is 2.27. The first-order chi connectivity index (χ1) is 11.2. The van der Waals surface area contributed by atoms with Crippen LogP contribution in [0.2, 0.25) is 0 Å². The van der Waals surface area contributed by atoms with Gasteiger partial charge in [0.1, 0.15) is 5.03 Å². The molecule has 1 fully saturated rings. The fourth-order valence-corrected chi connectivity index (χ4v) is 2.97. The van der Waals surface area contributed by atoms with Crippen LogP contribution in [0.25, 0.3) is 5.70 Å². The van der Waals surface area contributed by atoms with E-state index in [0.29, 0.717) is 23.5 Å². The standard InChI is InChI=1S/C16H18ClN3O3/c17-12-14(19-5-2-6-20-7-9-23-10-8-20)13-11(3-1-4-18-13)15(21)16(12)22/h1,3-4,19H,2,5-10H2. The number of nitrogens with zero attached hydrogens (tertiary/aromatic N) is 2. The molecule has 3 rings (SSSR count). The maximum atomic E-state index is 12.0. The number of allylic oxidation sites excluding steroid dienone is 1. The van der Waals surface area contributed by atoms with Crippen LogP contribution in [0.5, 0.6) is 0 Å². The van der Waals surface area contributed by atoms with Crippen LogP contribution in [0, 0.1) is 0 Å². The zero-order valence-corrected chi connectivity index (χ0v) is 13.4. The summed E-state index contributed by atoms with van der Waals surface area (Å²) in [5, 5.41) is 3.10. The maximum absolute atomic E-state index is 12.0. The highest BCUT2D eigenvalue weighted by atomic mass is 35.5. The molecular formula is C16H18ClN3O3. The molecule has 122 valence electrons. The molecule has 7 heteroatoms. The van der Waals surface area contributed by atoms with Crippen molar-refractivity contribution in [2.45, 2.75) is 6.42 Å². The Morgan fingerprint density at radius 2 is 2.04 bits per heavy atom. The van der Waals surface area contributed by atoms with E-state index < -0.39 is 11.6 Å². The van der Waals surface area contributed by atoms with E-state index in [-0.39, 0.29) is 5.03 Å². The lowest BCUT2D eigenvalue weighted by Crippen LogP contribution is -2.37. The Labute approximate surface area is 139 Å². The van der Waals surface area contributed by atoms with Gasteiger partial charge in [-0.2, -0.15) is 0 Å². The lowest BCUT2D eigenvalue weighted by Gasteiger charge is -2.26. The average Bonchev–Trinajstić information content (AvgIpc) is 2.60. The van der Waals surface area contributed by atoms with Crippen LogP contribution in [0.15, 0.2) is 23.4 Å². The lowest BCUT2D eigenvalue weighted by molar-refractivity contribution is -0.111. The second-order valence-corrected chi connectivity index (χ2v) is 5.86. The normalized spacial score (nSPS) is 19.0. The number of ether oxygens (including phenoxy) is 1. The van der Waals surface area contributed by atoms with Gasteiger partial charge in [0, 0.05) is 25.8 Å². The average molecular weight is 336 g/mol. The molecule has 0 amide bonds. The third kappa shape index (κ3) is 3.44. The molecule has 0 saturated carbocycles. The molecule has 1 saturated heterocycles. The molecule has 2 heterocycles. The number of halogens is 1. The van der Waals surface area contributed by atoms with Crippen LogP contribution >= 0.6 is 11.6 Å². The fraction of sp³-hybridized carbons (Fsp3) is 0.438. The van der Waals surface area contributed by atoms with Crippen molar-refractivity contribution in [2.75, 3.05) is 39.4 Å². The van der Waals surface area contributed by atoms with Gasteiger partial charge in [0.05, 0.1) is 30.2 Å². The molecule has 23 heavy (non-hydrogen) atoms. The van der Waals surface area contributed by atoms with Gasteiger partial charge in [-0.1, -0.05) is 11.6 Å². The summed E-state index contributed by atoms with van der Waals surface area (Å²) in [7, 11) is 0. The van der Waals surface area contributed by atoms with Gasteiger partial charge in [0.15, 0.2) is 0 Å². The van der Waals surface area contributed by atoms with Crippen molar-refractivity contribution in [3.63, 3.8) is 0 Å². The number of carbonyl (C=O) groups excluding carboxylic acids is 2. The highest BCUT2D eigenvalue weighted by molar-refractivity contribution is 6.64. The summed E-state index contributed by atoms with van der Waals surface area (Å²) >= 11 is 6.06. The number of Topliss-reactive ketones (excluding diaryl/α,β-unsaturated/α-hetero) is 2. The van der Waals surface area contributed by atoms with Gasteiger partial charge in [0.2, 0.25) is 11.6 Å². The van der Waals surface area contributed by atoms with Crippen LogP contribution in [0.3, 0.4) is 0 Å². The number of aromatic nitrogens is 1. The minimum atomic E-state index is -0.678. The van der Waals surface area contributed by atoms with Crippen molar-refractivity contribution < 1.29 is 14.3 Å². The van der Waals surface area contributed by atoms with Gasteiger partial charge in [0.25, 0.3) is 0 Å². The molecule has 0 aromatic carbocycles. The Morgan fingerprint density at radius 1 is 1.26 bits per heavy atom. The molecule has 1 N–H and O–H groups in total. The van der Waals surface area contributed by atoms with Crippen molar-refractivity contribution in [1.29, 1.82) is 0 Å². The molecule has 6 nitrogen and oxygen atoms in total. The molecule has 0 unspecified atom stereocenters. The van der Waals surface area contributed by atoms with Gasteiger partial charge in [-0.15, -0.1) is 0 Å². The Hall–Kier alpha value is -1.76. The number of fused-ring (bicyclic) bond motifs is 1. The van der Waals surface area contributed by atoms with Gasteiger partial charge >= 0.3 is 0 Å². The van der Waals surface area contributed by atoms with Crippen molar-refractivity contribution in [2.24, 2.45) is 0 Å². The third-order valence-corrected chi connectivity index (χ3v) is 4.33. The zero-order chi connectivity index (χ0) is 16.2. The number of nitrogens with one attached hydrogen (secondary N) is 1. The van der Waals surface area contributed by atoms with Crippen molar-refractivity contribution >= 4 is 28.9 Å². The van der Waals surface area contributed by atoms with Crippen molar-refractivity contribution in [3.8, 4) is 0 Å². The molecule has 1 aliphatic heterocycles. The van der Waals surface area contributed by atoms with E-state index in [1.807, 2.05) is 0 Å². The topological polar surface area (TPSA) is 71.5 Å². The third-order valence-electron chi connectivity index (χ3n) is 3.97. The Morgan fingerprint density at radius 3 is 2.83 bits per heavy atom. The number of ketones is 2. The predicted octanol–water partition coefficient (Wildman–Crippen LogP) is 1.07. The number of morpholine rings is 1. The van der Waals surface area contributed by atoms with Crippen LogP contribution in [0.1, 0.15) is 22.5 Å². The first kappa shape index (κ1) is 16.1. The largest absolute Gasteiger partial charge is 0.382 e. The van der Waals surface area contributed by atoms with Crippen molar-refractivity contribution in [3.05, 3.63) is 34.6 Å². The van der Waals surface area contributed by atoms with Crippen LogP contribution < -0.4 is 5.32 Å². The Bertz CT molecular complexity index is 654. The van der Waals surface area contributed by atoms with E-state index >= 15 is 0 Å². The summed E-state index contributed by atoms with van der Waals surface area (Å²) in [4.78, 5) is 30.4. The first-order valence-electron chi connectivity index (χ1n) is 7.66. The molecular weight excluding hydrogens is 318 g/mol. The second-order valence-electron chi connectivity index (χ2n) is 5.48. The summed E-state index contributed by atoms with van der Waals surface area (Å²) in [6.07, 6.45) is 2.49. The summed E-state index contributed by atoms with van der Waals surface area (Å²) in [6, 6.07) is 3.24. The Balaban J connectivity index is 1.64. The van der Waals surface area contributed by atoms with E-state index in [1.165, 1.54) is 0 Å². The van der Waals surface area contributed by atoms with E-state index in [2.05, 4.69) is 15.2 Å². The summed E-state index contributed by atoms with van der Waals surface area (Å²) in [5.41, 5.74) is 1.21. The SMILES string of the molecule is O=C1C(=O)c2cccnc2C(NCCCN2CCOCC2)=C1Cl. The quantitative estimate of drug-likeness (QED) is 0.641. The van der Waals surface area contributed by atoms with Gasteiger partial charge in [-0.25, -0.2) is 0 Å². The number of rotatable bonds is 5. The van der Waals surface area contributed by atoms with Gasteiger partial charge < -0.3 is 10.1 Å². The van der Waals surface area contributed by atoms with E-state index in [9.17, 15) is 9.59 Å². The summed E-state index contributed by atoms with van der Waals surface area (Å²) in [6.45, 7) is 5.04. The number of carbonyl (C=O) groups is 2. The zero-order valence-electron chi connectivity index (χ0n) is 12.7. The monoisotopic (exact) mass is 335 g/mol. The maximum Gasteiger partial charge on any atom is 0.247 e. The summed E-state index contributed by atoms with van der Waals surface area (Å²) < 4.78 is 5.32. The van der Waals surface area contributed by atoms with Crippen LogP contribution in [-0.2, 0) is 9.53 Å². The molecule has 2 aliphatic rings.